The van der Waals surface area contributed by atoms with E-state index in [-0.39, 0.29) is 6.10 Å². The Bertz CT molecular complexity index is 537. The Morgan fingerprint density at radius 1 is 1.32 bits per heavy atom. The normalized spacial score (nSPS) is 17.0. The number of likely N-dealkylation sites (N-methyl/N-ethyl adjacent to an activating group) is 1. The zero-order valence-electron chi connectivity index (χ0n) is 15.0. The molecule has 1 aromatic carbocycles. The van der Waals surface area contributed by atoms with E-state index in [0.717, 1.165) is 45.0 Å². The first-order valence-corrected chi connectivity index (χ1v) is 9.56. The number of aliphatic hydroxyl groups is 1. The summed E-state index contributed by atoms with van der Waals surface area (Å²) in [6.07, 6.45) is -0.389. The molecule has 0 unspecified atom stereocenters. The van der Waals surface area contributed by atoms with Crippen molar-refractivity contribution in [2.45, 2.75) is 26.5 Å². The first-order valence-electron chi connectivity index (χ1n) is 8.80. The predicted molar refractivity (Wildman–Crippen MR) is 102 cm³/mol. The minimum absolute atomic E-state index is 0.389. The number of benzene rings is 1. The summed E-state index contributed by atoms with van der Waals surface area (Å²) in [6.45, 7) is 10.7. The highest BCUT2D eigenvalue weighted by atomic mass is 35.5. The summed E-state index contributed by atoms with van der Waals surface area (Å²) < 4.78 is 11.4. The van der Waals surface area contributed by atoms with E-state index in [1.807, 2.05) is 6.07 Å². The van der Waals surface area contributed by atoms with Crippen molar-refractivity contribution in [3.8, 4) is 5.75 Å². The predicted octanol–water partition coefficient (Wildman–Crippen LogP) is 2.91. The largest absolute Gasteiger partial charge is 0.490 e. The summed E-state index contributed by atoms with van der Waals surface area (Å²) in [5.74, 6) is 0.684. The van der Waals surface area contributed by atoms with E-state index in [0.29, 0.717) is 35.5 Å². The molecule has 5 nitrogen and oxygen atoms in total. The van der Waals surface area contributed by atoms with Crippen molar-refractivity contribution >= 4 is 23.2 Å². The molecule has 1 aliphatic rings. The van der Waals surface area contributed by atoms with Crippen molar-refractivity contribution < 1.29 is 14.6 Å². The van der Waals surface area contributed by atoms with Crippen molar-refractivity contribution in [2.24, 2.45) is 0 Å². The highest BCUT2D eigenvalue weighted by molar-refractivity contribution is 6.35. The number of aliphatic hydroxyl groups excluding tert-OH is 1. The SMILES string of the molecule is CCN(Cc1cc(Cl)cc(Cl)c1OCCN1CCOCC1)C[C@@H](C)O. The van der Waals surface area contributed by atoms with Crippen LogP contribution in [0.5, 0.6) is 5.75 Å². The molecular formula is C18H28Cl2N2O3. The second kappa shape index (κ2) is 10.6. The second-order valence-electron chi connectivity index (χ2n) is 6.36. The molecule has 0 aliphatic carbocycles. The van der Waals surface area contributed by atoms with Crippen LogP contribution in [0.15, 0.2) is 12.1 Å². The minimum atomic E-state index is -0.389. The summed E-state index contributed by atoms with van der Waals surface area (Å²) in [5.41, 5.74) is 0.946. The maximum absolute atomic E-state index is 9.66. The van der Waals surface area contributed by atoms with E-state index in [1.54, 1.807) is 13.0 Å². The molecule has 0 spiro atoms. The van der Waals surface area contributed by atoms with Crippen LogP contribution in [0.4, 0.5) is 0 Å². The summed E-state index contributed by atoms with van der Waals surface area (Å²) in [7, 11) is 0. The van der Waals surface area contributed by atoms with Crippen LogP contribution in [0, 0.1) is 0 Å². The van der Waals surface area contributed by atoms with E-state index in [9.17, 15) is 5.11 Å². The van der Waals surface area contributed by atoms with Crippen molar-refractivity contribution in [3.05, 3.63) is 27.7 Å². The maximum Gasteiger partial charge on any atom is 0.142 e. The summed E-state index contributed by atoms with van der Waals surface area (Å²) >= 11 is 12.6. The van der Waals surface area contributed by atoms with Crippen molar-refractivity contribution in [1.29, 1.82) is 0 Å². The van der Waals surface area contributed by atoms with Gasteiger partial charge in [-0.15, -0.1) is 0 Å². The Morgan fingerprint density at radius 2 is 2.04 bits per heavy atom. The first kappa shape index (κ1) is 20.7. The highest BCUT2D eigenvalue weighted by Crippen LogP contribution is 2.33. The zero-order chi connectivity index (χ0) is 18.2. The van der Waals surface area contributed by atoms with Gasteiger partial charge in [0.15, 0.2) is 0 Å². The standard InChI is InChI=1S/C18H28Cl2N2O3/c1-3-21(12-14(2)23)13-15-10-16(19)11-17(20)18(15)25-9-6-22-4-7-24-8-5-22/h10-11,14,23H,3-9,12-13H2,1-2H3/t14-/m1/s1. The van der Waals surface area contributed by atoms with Crippen molar-refractivity contribution in [1.82, 2.24) is 9.80 Å². The number of hydrogen-bond donors (Lipinski definition) is 1. The van der Waals surface area contributed by atoms with Gasteiger partial charge >= 0.3 is 0 Å². The molecule has 1 aromatic rings. The molecule has 7 heteroatoms. The smallest absolute Gasteiger partial charge is 0.142 e. The lowest BCUT2D eigenvalue weighted by molar-refractivity contribution is 0.0321. The third-order valence-electron chi connectivity index (χ3n) is 4.21. The van der Waals surface area contributed by atoms with Gasteiger partial charge in [0, 0.05) is 43.3 Å². The van der Waals surface area contributed by atoms with Crippen LogP contribution in [0.3, 0.4) is 0 Å². The van der Waals surface area contributed by atoms with Gasteiger partial charge in [-0.25, -0.2) is 0 Å². The summed E-state index contributed by atoms with van der Waals surface area (Å²) in [4.78, 5) is 4.46. The number of halogens is 2. The number of hydrogen-bond acceptors (Lipinski definition) is 5. The van der Waals surface area contributed by atoms with Gasteiger partial charge in [-0.1, -0.05) is 30.1 Å². The Labute approximate surface area is 160 Å². The average Bonchev–Trinajstić information content (AvgIpc) is 2.57. The van der Waals surface area contributed by atoms with Crippen LogP contribution >= 0.6 is 23.2 Å². The van der Waals surface area contributed by atoms with Gasteiger partial charge < -0.3 is 14.6 Å². The van der Waals surface area contributed by atoms with E-state index >= 15 is 0 Å². The fourth-order valence-electron chi connectivity index (χ4n) is 2.91. The number of morpholine rings is 1. The van der Waals surface area contributed by atoms with Gasteiger partial charge in [-0.3, -0.25) is 9.80 Å². The van der Waals surface area contributed by atoms with Crippen LogP contribution in [-0.2, 0) is 11.3 Å². The molecule has 0 radical (unpaired) electrons. The monoisotopic (exact) mass is 390 g/mol. The van der Waals surface area contributed by atoms with Gasteiger partial charge in [0.25, 0.3) is 0 Å². The summed E-state index contributed by atoms with van der Waals surface area (Å²) in [6, 6.07) is 3.60. The van der Waals surface area contributed by atoms with Gasteiger partial charge in [0.1, 0.15) is 12.4 Å². The van der Waals surface area contributed by atoms with Crippen molar-refractivity contribution in [2.75, 3.05) is 52.5 Å². The topological polar surface area (TPSA) is 45.2 Å². The molecule has 0 amide bonds. The van der Waals surface area contributed by atoms with Crippen LogP contribution < -0.4 is 4.74 Å². The molecule has 25 heavy (non-hydrogen) atoms. The van der Waals surface area contributed by atoms with Crippen LogP contribution in [0.1, 0.15) is 19.4 Å². The lowest BCUT2D eigenvalue weighted by atomic mass is 10.1. The fourth-order valence-corrected chi connectivity index (χ4v) is 3.50. The second-order valence-corrected chi connectivity index (χ2v) is 7.20. The molecular weight excluding hydrogens is 363 g/mol. The van der Waals surface area contributed by atoms with Gasteiger partial charge in [0.2, 0.25) is 0 Å². The van der Waals surface area contributed by atoms with E-state index in [2.05, 4.69) is 16.7 Å². The molecule has 1 saturated heterocycles. The van der Waals surface area contributed by atoms with Crippen LogP contribution in [-0.4, -0.2) is 73.6 Å². The molecule has 142 valence electrons. The highest BCUT2D eigenvalue weighted by Gasteiger charge is 2.16. The number of nitrogens with zero attached hydrogens (tertiary/aromatic N) is 2. The third-order valence-corrected chi connectivity index (χ3v) is 4.71. The zero-order valence-corrected chi connectivity index (χ0v) is 16.5. The molecule has 1 aliphatic heterocycles. The Hall–Kier alpha value is -0.560. The molecule has 2 rings (SSSR count). The number of ether oxygens (including phenoxy) is 2. The Morgan fingerprint density at radius 3 is 2.68 bits per heavy atom. The quantitative estimate of drug-likeness (QED) is 0.702. The lowest BCUT2D eigenvalue weighted by Gasteiger charge is -2.27. The van der Waals surface area contributed by atoms with E-state index in [4.69, 9.17) is 32.7 Å². The summed E-state index contributed by atoms with van der Waals surface area (Å²) in [5, 5.41) is 10.8. The fraction of sp³-hybridized carbons (Fsp3) is 0.667. The number of rotatable bonds is 9. The van der Waals surface area contributed by atoms with Crippen LogP contribution in [0.25, 0.3) is 0 Å². The van der Waals surface area contributed by atoms with E-state index < -0.39 is 0 Å². The molecule has 1 atom stereocenters. The minimum Gasteiger partial charge on any atom is -0.490 e. The van der Waals surface area contributed by atoms with Crippen LogP contribution in [0.2, 0.25) is 10.0 Å². The van der Waals surface area contributed by atoms with Crippen molar-refractivity contribution in [3.63, 3.8) is 0 Å². The maximum atomic E-state index is 9.66. The van der Waals surface area contributed by atoms with E-state index in [1.165, 1.54) is 0 Å². The molecule has 0 aromatic heterocycles. The Balaban J connectivity index is 2.02. The van der Waals surface area contributed by atoms with Gasteiger partial charge in [0.05, 0.1) is 24.3 Å². The molecule has 0 saturated carbocycles. The lowest BCUT2D eigenvalue weighted by Crippen LogP contribution is -2.38. The molecule has 1 fully saturated rings. The Kier molecular flexibility index (Phi) is 8.76. The first-order chi connectivity index (χ1) is 12.0. The molecule has 1 heterocycles. The van der Waals surface area contributed by atoms with Gasteiger partial charge in [-0.2, -0.15) is 0 Å². The van der Waals surface area contributed by atoms with Gasteiger partial charge in [-0.05, 0) is 25.6 Å². The molecule has 1 N–H and O–H groups in total. The average molecular weight is 391 g/mol. The molecule has 0 bridgehead atoms. The third kappa shape index (κ3) is 6.93.